The lowest BCUT2D eigenvalue weighted by Crippen LogP contribution is -2.47. The molecule has 1 saturated carbocycles. The van der Waals surface area contributed by atoms with Crippen molar-refractivity contribution in [3.05, 3.63) is 18.0 Å². The highest BCUT2D eigenvalue weighted by Crippen LogP contribution is 2.48. The van der Waals surface area contributed by atoms with Gasteiger partial charge in [-0.05, 0) is 12.8 Å². The van der Waals surface area contributed by atoms with Gasteiger partial charge in [0.2, 0.25) is 5.91 Å². The van der Waals surface area contributed by atoms with Crippen LogP contribution in [0.25, 0.3) is 0 Å². The van der Waals surface area contributed by atoms with Crippen molar-refractivity contribution < 1.29 is 19.4 Å². The van der Waals surface area contributed by atoms with E-state index in [0.717, 1.165) is 5.56 Å². The monoisotopic (exact) mass is 279 g/mol. The summed E-state index contributed by atoms with van der Waals surface area (Å²) in [6, 6.07) is 0. The number of hydrogen-bond acceptors (Lipinski definition) is 4. The Labute approximate surface area is 116 Å². The molecule has 1 aromatic rings. The lowest BCUT2D eigenvalue weighted by atomic mass is 10.0. The summed E-state index contributed by atoms with van der Waals surface area (Å²) in [7, 11) is 1.82. The molecule has 2 aliphatic rings. The smallest absolute Gasteiger partial charge is 0.319 e. The van der Waals surface area contributed by atoms with E-state index in [9.17, 15) is 14.7 Å². The first-order chi connectivity index (χ1) is 9.53. The molecule has 108 valence electrons. The predicted octanol–water partition coefficient (Wildman–Crippen LogP) is 0.185. The fraction of sp³-hybridized carbons (Fsp3) is 0.615. The van der Waals surface area contributed by atoms with Gasteiger partial charge in [0.1, 0.15) is 11.5 Å². The second kappa shape index (κ2) is 4.59. The number of amides is 1. The van der Waals surface area contributed by atoms with E-state index in [1.807, 2.05) is 13.2 Å². The number of carboxylic acid groups (broad SMARTS) is 1. The number of aliphatic carboxylic acids is 1. The third kappa shape index (κ3) is 2.07. The summed E-state index contributed by atoms with van der Waals surface area (Å²) in [6.45, 7) is 1.26. The average molecular weight is 279 g/mol. The summed E-state index contributed by atoms with van der Waals surface area (Å²) in [5, 5.41) is 13.3. The van der Waals surface area contributed by atoms with E-state index in [4.69, 9.17) is 4.74 Å². The van der Waals surface area contributed by atoms with Gasteiger partial charge < -0.3 is 14.7 Å². The second-order valence-corrected chi connectivity index (χ2v) is 5.45. The average Bonchev–Trinajstić information content (AvgIpc) is 3.15. The highest BCUT2D eigenvalue weighted by atomic mass is 16.5. The van der Waals surface area contributed by atoms with Crippen molar-refractivity contribution in [1.82, 2.24) is 14.7 Å². The zero-order chi connectivity index (χ0) is 14.3. The van der Waals surface area contributed by atoms with E-state index in [2.05, 4.69) is 5.10 Å². The molecular formula is C13H17N3O4. The number of nitrogens with zero attached hydrogens (tertiary/aromatic N) is 3. The first kappa shape index (κ1) is 13.1. The molecule has 3 rings (SSSR count). The first-order valence-corrected chi connectivity index (χ1v) is 6.66. The van der Waals surface area contributed by atoms with Crippen molar-refractivity contribution in [3.8, 4) is 0 Å². The number of rotatable bonds is 3. The van der Waals surface area contributed by atoms with Crippen LogP contribution < -0.4 is 0 Å². The number of carbonyl (C=O) groups is 2. The molecule has 1 amide bonds. The molecule has 0 radical (unpaired) electrons. The highest BCUT2D eigenvalue weighted by molar-refractivity contribution is 6.04. The quantitative estimate of drug-likeness (QED) is 0.798. The van der Waals surface area contributed by atoms with Crippen LogP contribution in [0.15, 0.2) is 12.4 Å². The maximum absolute atomic E-state index is 12.4. The van der Waals surface area contributed by atoms with Gasteiger partial charge in [-0.3, -0.25) is 14.3 Å². The van der Waals surface area contributed by atoms with Gasteiger partial charge in [-0.25, -0.2) is 0 Å². The summed E-state index contributed by atoms with van der Waals surface area (Å²) >= 11 is 0. The van der Waals surface area contributed by atoms with Crippen molar-refractivity contribution in [2.45, 2.75) is 18.9 Å². The molecule has 20 heavy (non-hydrogen) atoms. The Hall–Kier alpha value is -1.89. The Morgan fingerprint density at radius 3 is 2.80 bits per heavy atom. The Kier molecular flexibility index (Phi) is 3.01. The Morgan fingerprint density at radius 1 is 1.50 bits per heavy atom. The normalized spacial score (nSPS) is 24.4. The molecule has 0 aromatic carbocycles. The Bertz CT molecular complexity index is 550. The number of carbonyl (C=O) groups excluding carboxylic acids is 1. The zero-order valence-electron chi connectivity index (χ0n) is 11.3. The van der Waals surface area contributed by atoms with E-state index >= 15 is 0 Å². The number of hydrogen-bond donors (Lipinski definition) is 1. The molecule has 1 aliphatic heterocycles. The van der Waals surface area contributed by atoms with Gasteiger partial charge in [-0.1, -0.05) is 0 Å². The van der Waals surface area contributed by atoms with Gasteiger partial charge in [-0.15, -0.1) is 0 Å². The van der Waals surface area contributed by atoms with Crippen LogP contribution in [-0.2, 0) is 21.4 Å². The lowest BCUT2D eigenvalue weighted by molar-refractivity contribution is -0.157. The van der Waals surface area contributed by atoms with Crippen molar-refractivity contribution in [3.63, 3.8) is 0 Å². The van der Waals surface area contributed by atoms with Crippen molar-refractivity contribution in [2.75, 3.05) is 19.7 Å². The summed E-state index contributed by atoms with van der Waals surface area (Å²) in [5.74, 6) is -1.28. The van der Waals surface area contributed by atoms with Crippen LogP contribution in [0.1, 0.15) is 24.5 Å². The van der Waals surface area contributed by atoms with Gasteiger partial charge in [-0.2, -0.15) is 5.10 Å². The number of ether oxygens (including phenoxy) is 1. The molecule has 2 heterocycles. The van der Waals surface area contributed by atoms with Crippen LogP contribution in [0, 0.1) is 5.41 Å². The van der Waals surface area contributed by atoms with Gasteiger partial charge in [0.05, 0.1) is 19.3 Å². The van der Waals surface area contributed by atoms with Crippen molar-refractivity contribution in [2.24, 2.45) is 12.5 Å². The fourth-order valence-electron chi connectivity index (χ4n) is 2.59. The maximum atomic E-state index is 12.4. The van der Waals surface area contributed by atoms with Gasteiger partial charge >= 0.3 is 5.97 Å². The van der Waals surface area contributed by atoms with E-state index < -0.39 is 11.4 Å². The molecular weight excluding hydrogens is 262 g/mol. The Balaban J connectivity index is 1.72. The van der Waals surface area contributed by atoms with E-state index in [1.54, 1.807) is 15.8 Å². The first-order valence-electron chi connectivity index (χ1n) is 6.66. The number of aromatic nitrogens is 2. The molecule has 0 spiro atoms. The largest absolute Gasteiger partial charge is 0.480 e. The number of morpholine rings is 1. The molecule has 7 heteroatoms. The molecule has 1 unspecified atom stereocenters. The molecule has 7 nitrogen and oxygen atoms in total. The third-order valence-electron chi connectivity index (χ3n) is 4.02. The van der Waals surface area contributed by atoms with Crippen LogP contribution in [0.2, 0.25) is 0 Å². The zero-order valence-corrected chi connectivity index (χ0v) is 11.3. The molecule has 1 saturated heterocycles. The summed E-state index contributed by atoms with van der Waals surface area (Å²) in [4.78, 5) is 25.2. The SMILES string of the molecule is Cn1cc(C2CN(C(=O)C3(C(=O)O)CC3)CCO2)cn1. The molecule has 2 fully saturated rings. The minimum Gasteiger partial charge on any atom is -0.480 e. The van der Waals surface area contributed by atoms with Crippen molar-refractivity contribution in [1.29, 1.82) is 0 Å². The molecule has 1 atom stereocenters. The molecule has 1 aliphatic carbocycles. The van der Waals surface area contributed by atoms with Gasteiger partial charge in [0.15, 0.2) is 0 Å². The summed E-state index contributed by atoms with van der Waals surface area (Å²) in [5.41, 5.74) is -0.262. The minimum absolute atomic E-state index is 0.231. The molecule has 0 bridgehead atoms. The van der Waals surface area contributed by atoms with E-state index in [-0.39, 0.29) is 12.0 Å². The van der Waals surface area contributed by atoms with Crippen LogP contribution in [0.5, 0.6) is 0 Å². The van der Waals surface area contributed by atoms with Gasteiger partial charge in [0, 0.05) is 25.4 Å². The molecule has 1 N–H and O–H groups in total. The number of carboxylic acids is 1. The van der Waals surface area contributed by atoms with Crippen LogP contribution in [0.3, 0.4) is 0 Å². The van der Waals surface area contributed by atoms with Gasteiger partial charge in [0.25, 0.3) is 0 Å². The Morgan fingerprint density at radius 2 is 2.25 bits per heavy atom. The van der Waals surface area contributed by atoms with Crippen LogP contribution in [0.4, 0.5) is 0 Å². The van der Waals surface area contributed by atoms with E-state index in [1.165, 1.54) is 0 Å². The third-order valence-corrected chi connectivity index (χ3v) is 4.02. The standard InChI is InChI=1S/C13H17N3O4/c1-15-7-9(6-14-15)10-8-16(4-5-20-10)11(17)13(2-3-13)12(18)19/h6-7,10H,2-5,8H2,1H3,(H,18,19). The fourth-order valence-corrected chi connectivity index (χ4v) is 2.59. The minimum atomic E-state index is -1.17. The number of aryl methyl sites for hydroxylation is 1. The van der Waals surface area contributed by atoms with Crippen LogP contribution >= 0.6 is 0 Å². The maximum Gasteiger partial charge on any atom is 0.319 e. The van der Waals surface area contributed by atoms with E-state index in [0.29, 0.717) is 32.5 Å². The summed E-state index contributed by atoms with van der Waals surface area (Å²) < 4.78 is 7.34. The lowest BCUT2D eigenvalue weighted by Gasteiger charge is -2.34. The molecule has 1 aromatic heterocycles. The topological polar surface area (TPSA) is 84.7 Å². The highest BCUT2D eigenvalue weighted by Gasteiger charge is 2.58. The van der Waals surface area contributed by atoms with Crippen LogP contribution in [-0.4, -0.2) is 51.4 Å². The summed E-state index contributed by atoms with van der Waals surface area (Å²) in [6.07, 6.45) is 4.21. The second-order valence-electron chi connectivity index (χ2n) is 5.45. The predicted molar refractivity (Wildman–Crippen MR) is 67.8 cm³/mol. The van der Waals surface area contributed by atoms with Crippen molar-refractivity contribution >= 4 is 11.9 Å².